The number of aryl methyl sites for hydroxylation is 1. The second kappa shape index (κ2) is 10.6. The fourth-order valence-electron chi connectivity index (χ4n) is 5.28. The molecule has 4 aromatic rings. The Bertz CT molecular complexity index is 1590. The van der Waals surface area contributed by atoms with Crippen LogP contribution in [0.25, 0.3) is 22.4 Å². The highest BCUT2D eigenvalue weighted by atomic mass is 79.9. The van der Waals surface area contributed by atoms with E-state index in [4.69, 9.17) is 14.5 Å². The molecule has 9 nitrogen and oxygen atoms in total. The number of benzene rings is 2. The minimum absolute atomic E-state index is 0.193. The molecule has 4 N–H and O–H groups in total. The first-order valence-corrected chi connectivity index (χ1v) is 13.7. The van der Waals surface area contributed by atoms with E-state index in [1.165, 1.54) is 0 Å². The molecule has 39 heavy (non-hydrogen) atoms. The molecule has 11 heteroatoms. The highest BCUT2D eigenvalue weighted by molar-refractivity contribution is 9.10. The Morgan fingerprint density at radius 2 is 2.18 bits per heavy atom. The molecule has 0 radical (unpaired) electrons. The van der Waals surface area contributed by atoms with Crippen molar-refractivity contribution in [2.45, 2.75) is 25.6 Å². The third kappa shape index (κ3) is 5.02. The normalized spacial score (nSPS) is 17.7. The summed E-state index contributed by atoms with van der Waals surface area (Å²) in [7, 11) is 0. The molecule has 2 atom stereocenters. The van der Waals surface area contributed by atoms with Gasteiger partial charge >= 0.3 is 0 Å². The number of aromatic amines is 2. The summed E-state index contributed by atoms with van der Waals surface area (Å²) < 4.78 is 25.1. The number of aliphatic hydroxyl groups is 1. The predicted octanol–water partition coefficient (Wildman–Crippen LogP) is 4.24. The van der Waals surface area contributed by atoms with Crippen molar-refractivity contribution in [1.82, 2.24) is 15.0 Å². The third-order valence-corrected chi connectivity index (χ3v) is 7.86. The zero-order valence-electron chi connectivity index (χ0n) is 21.4. The van der Waals surface area contributed by atoms with Crippen molar-refractivity contribution in [3.63, 3.8) is 0 Å². The van der Waals surface area contributed by atoms with E-state index in [1.54, 1.807) is 12.3 Å². The van der Waals surface area contributed by atoms with Gasteiger partial charge in [-0.25, -0.2) is 9.37 Å². The molecule has 1 saturated heterocycles. The van der Waals surface area contributed by atoms with Crippen molar-refractivity contribution in [3.8, 4) is 17.1 Å². The molecule has 0 saturated carbocycles. The van der Waals surface area contributed by atoms with Gasteiger partial charge in [-0.1, -0.05) is 0 Å². The number of alkyl halides is 1. The lowest BCUT2D eigenvalue weighted by Gasteiger charge is -2.33. The van der Waals surface area contributed by atoms with Gasteiger partial charge in [0.05, 0.1) is 40.5 Å². The van der Waals surface area contributed by atoms with Crippen molar-refractivity contribution < 1.29 is 19.0 Å². The number of H-pyrrole nitrogens is 2. The standard InChI is InChI=1S/C28H29BrFN5O4/c1-15-8-18(35-5-7-38-19(12-30)14-35)11-22-25(15)34-27(33-22)24-21(2-4-31-28(24)37)32-13-23(36)17-9-16-3-6-39-26(16)20(29)10-17/h2,4,8-11,19,23,36H,3,5-7,12-14H2,1H3,(H,33,34)(H2,31,32,37)/t19-,23-/m0/s1. The van der Waals surface area contributed by atoms with Crippen LogP contribution in [0.3, 0.4) is 0 Å². The molecular weight excluding hydrogens is 569 g/mol. The fraction of sp³-hybridized carbons (Fsp3) is 0.357. The summed E-state index contributed by atoms with van der Waals surface area (Å²) in [5.41, 5.74) is 5.85. The first kappa shape index (κ1) is 25.8. The first-order valence-electron chi connectivity index (χ1n) is 12.9. The molecule has 0 spiro atoms. The SMILES string of the molecule is Cc1cc(N2CCO[C@@H](CF)C2)cc2[nH]c(-c3c(NC[C@H](O)c4cc(Br)c5c(c4)CCO5)cc[nH]c3=O)nc12. The topological polar surface area (TPSA) is 115 Å². The number of morpholine rings is 1. The zero-order valence-corrected chi connectivity index (χ0v) is 23.0. The summed E-state index contributed by atoms with van der Waals surface area (Å²) in [5.74, 6) is 1.25. The third-order valence-electron chi connectivity index (χ3n) is 7.27. The van der Waals surface area contributed by atoms with Crippen LogP contribution in [0.4, 0.5) is 15.8 Å². The second-order valence-corrected chi connectivity index (χ2v) is 10.8. The molecule has 2 aliphatic rings. The number of nitrogens with zero attached hydrogens (tertiary/aromatic N) is 2. The molecule has 0 amide bonds. The van der Waals surface area contributed by atoms with Crippen LogP contribution in [0.5, 0.6) is 5.75 Å². The Morgan fingerprint density at radius 3 is 3.03 bits per heavy atom. The number of aromatic nitrogens is 3. The molecule has 2 aromatic carbocycles. The van der Waals surface area contributed by atoms with Gasteiger partial charge in [0, 0.05) is 37.9 Å². The van der Waals surface area contributed by atoms with Crippen LogP contribution in [0.2, 0.25) is 0 Å². The van der Waals surface area contributed by atoms with Gasteiger partial charge in [0.25, 0.3) is 5.56 Å². The summed E-state index contributed by atoms with van der Waals surface area (Å²) in [4.78, 5) is 25.9. The molecule has 2 aliphatic heterocycles. The number of anilines is 2. The minimum atomic E-state index is -0.804. The molecule has 0 unspecified atom stereocenters. The monoisotopic (exact) mass is 597 g/mol. The molecule has 4 heterocycles. The predicted molar refractivity (Wildman–Crippen MR) is 152 cm³/mol. The summed E-state index contributed by atoms with van der Waals surface area (Å²) in [6.07, 6.45) is 1.12. The number of halogens is 2. The zero-order chi connectivity index (χ0) is 27.1. The minimum Gasteiger partial charge on any atom is -0.492 e. The number of imidazole rings is 1. The van der Waals surface area contributed by atoms with Crippen LogP contribution in [-0.4, -0.2) is 65.7 Å². The van der Waals surface area contributed by atoms with E-state index in [-0.39, 0.29) is 12.1 Å². The summed E-state index contributed by atoms with van der Waals surface area (Å²) >= 11 is 3.53. The number of hydrogen-bond donors (Lipinski definition) is 4. The summed E-state index contributed by atoms with van der Waals surface area (Å²) in [5, 5.41) is 14.2. The van der Waals surface area contributed by atoms with Crippen LogP contribution in [0.15, 0.2) is 45.8 Å². The number of nitrogens with one attached hydrogen (secondary N) is 3. The van der Waals surface area contributed by atoms with Crippen LogP contribution in [0, 0.1) is 6.92 Å². The van der Waals surface area contributed by atoms with Gasteiger partial charge in [0.15, 0.2) is 0 Å². The molecule has 1 fully saturated rings. The first-order chi connectivity index (χ1) is 18.9. The quantitative estimate of drug-likeness (QED) is 0.252. The molecule has 204 valence electrons. The molecule has 0 aliphatic carbocycles. The Labute approximate surface area is 232 Å². The molecule has 6 rings (SSSR count). The lowest BCUT2D eigenvalue weighted by atomic mass is 10.0. The van der Waals surface area contributed by atoms with E-state index in [0.29, 0.717) is 43.4 Å². The van der Waals surface area contributed by atoms with Gasteiger partial charge < -0.3 is 34.8 Å². The van der Waals surface area contributed by atoms with Gasteiger partial charge in [0.1, 0.15) is 29.9 Å². The second-order valence-electron chi connectivity index (χ2n) is 9.92. The Hall–Kier alpha value is -3.41. The average Bonchev–Trinajstić information content (AvgIpc) is 3.59. The van der Waals surface area contributed by atoms with Gasteiger partial charge in [-0.15, -0.1) is 0 Å². The Kier molecular flexibility index (Phi) is 7.05. The summed E-state index contributed by atoms with van der Waals surface area (Å²) in [6.45, 7) is 3.88. The van der Waals surface area contributed by atoms with Crippen molar-refractivity contribution in [3.05, 3.63) is 68.0 Å². The summed E-state index contributed by atoms with van der Waals surface area (Å²) in [6, 6.07) is 9.58. The van der Waals surface area contributed by atoms with Crippen molar-refractivity contribution in [2.75, 3.05) is 49.7 Å². The van der Waals surface area contributed by atoms with Crippen molar-refractivity contribution >= 4 is 38.3 Å². The molecule has 0 bridgehead atoms. The number of pyridine rings is 1. The van der Waals surface area contributed by atoms with Gasteiger partial charge in [-0.2, -0.15) is 0 Å². The van der Waals surface area contributed by atoms with Crippen LogP contribution in [-0.2, 0) is 11.2 Å². The molecule has 2 aromatic heterocycles. The Balaban J connectivity index is 1.27. The van der Waals surface area contributed by atoms with Crippen molar-refractivity contribution in [2.24, 2.45) is 0 Å². The number of rotatable bonds is 7. The van der Waals surface area contributed by atoms with Crippen LogP contribution >= 0.6 is 15.9 Å². The number of aliphatic hydroxyl groups excluding tert-OH is 1. The van der Waals surface area contributed by atoms with E-state index in [1.807, 2.05) is 31.2 Å². The molecular formula is C28H29BrFN5O4. The fourth-order valence-corrected chi connectivity index (χ4v) is 5.91. The number of ether oxygens (including phenoxy) is 2. The maximum Gasteiger partial charge on any atom is 0.261 e. The largest absolute Gasteiger partial charge is 0.492 e. The number of fused-ring (bicyclic) bond motifs is 2. The van der Waals surface area contributed by atoms with Gasteiger partial charge in [-0.3, -0.25) is 4.79 Å². The van der Waals surface area contributed by atoms with E-state index in [2.05, 4.69) is 36.1 Å². The Morgan fingerprint density at radius 1 is 1.31 bits per heavy atom. The van der Waals surface area contributed by atoms with E-state index in [0.717, 1.165) is 50.1 Å². The number of hydrogen-bond acceptors (Lipinski definition) is 7. The maximum absolute atomic E-state index is 13.2. The van der Waals surface area contributed by atoms with E-state index >= 15 is 0 Å². The highest BCUT2D eigenvalue weighted by Crippen LogP contribution is 2.37. The van der Waals surface area contributed by atoms with E-state index < -0.39 is 18.9 Å². The smallest absolute Gasteiger partial charge is 0.261 e. The lowest BCUT2D eigenvalue weighted by Crippen LogP contribution is -2.43. The van der Waals surface area contributed by atoms with Crippen LogP contribution in [0.1, 0.15) is 22.8 Å². The van der Waals surface area contributed by atoms with E-state index in [9.17, 15) is 14.3 Å². The lowest BCUT2D eigenvalue weighted by molar-refractivity contribution is 0.0247. The van der Waals surface area contributed by atoms with Crippen molar-refractivity contribution in [1.29, 1.82) is 0 Å². The van der Waals surface area contributed by atoms with Crippen LogP contribution < -0.4 is 20.5 Å². The van der Waals surface area contributed by atoms with Gasteiger partial charge in [-0.05, 0) is 69.9 Å². The average molecular weight is 598 g/mol. The highest BCUT2D eigenvalue weighted by Gasteiger charge is 2.23. The van der Waals surface area contributed by atoms with Gasteiger partial charge in [0.2, 0.25) is 0 Å². The maximum atomic E-state index is 13.2.